The highest BCUT2D eigenvalue weighted by Crippen LogP contribution is 2.39. The van der Waals surface area contributed by atoms with Gasteiger partial charge in [0, 0.05) is 29.6 Å². The first-order chi connectivity index (χ1) is 16.2. The summed E-state index contributed by atoms with van der Waals surface area (Å²) in [7, 11) is 0. The second kappa shape index (κ2) is 9.04. The van der Waals surface area contributed by atoms with Crippen molar-refractivity contribution in [3.05, 3.63) is 84.1 Å². The van der Waals surface area contributed by atoms with Gasteiger partial charge in [-0.2, -0.15) is 0 Å². The number of benzene rings is 1. The van der Waals surface area contributed by atoms with E-state index in [1.807, 2.05) is 36.4 Å². The predicted molar refractivity (Wildman–Crippen MR) is 126 cm³/mol. The molecule has 0 unspecified atom stereocenters. The monoisotopic (exact) mass is 441 g/mol. The zero-order valence-corrected chi connectivity index (χ0v) is 17.9. The van der Waals surface area contributed by atoms with Gasteiger partial charge in [-0.15, -0.1) is 0 Å². The number of nitrogens with one attached hydrogen (secondary N) is 4. The van der Waals surface area contributed by atoms with Crippen LogP contribution in [0.3, 0.4) is 0 Å². The summed E-state index contributed by atoms with van der Waals surface area (Å²) in [6, 6.07) is 16.5. The van der Waals surface area contributed by atoms with Crippen molar-refractivity contribution in [1.29, 1.82) is 0 Å². The molecule has 5 rings (SSSR count). The number of amides is 2. The number of fused-ring (bicyclic) bond motifs is 1. The van der Waals surface area contributed by atoms with Gasteiger partial charge in [-0.1, -0.05) is 18.2 Å². The van der Waals surface area contributed by atoms with Crippen LogP contribution in [0.4, 0.5) is 22.0 Å². The zero-order chi connectivity index (χ0) is 22.6. The Morgan fingerprint density at radius 1 is 1.09 bits per heavy atom. The van der Waals surface area contributed by atoms with E-state index >= 15 is 0 Å². The summed E-state index contributed by atoms with van der Waals surface area (Å²) in [6.07, 6.45) is 5.37. The van der Waals surface area contributed by atoms with Crippen molar-refractivity contribution in [2.24, 2.45) is 0 Å². The topological polar surface area (TPSA) is 112 Å². The normalized spacial score (nSPS) is 12.8. The number of aryl methyl sites for hydroxylation is 1. The number of furan rings is 1. The molecule has 166 valence electrons. The molecule has 0 spiro atoms. The maximum atomic E-state index is 12.8. The zero-order valence-electron chi connectivity index (χ0n) is 17.9. The fourth-order valence-electron chi connectivity index (χ4n) is 4.00. The van der Waals surface area contributed by atoms with E-state index in [4.69, 9.17) is 4.42 Å². The molecule has 1 aromatic carbocycles. The standard InChI is InChI=1S/C25H23N5O3/c31-20-10-4-9-19-22(20)24(28-17-6-2-1-3-7-17)23(29-19)16-11-12-26-21(14-16)30-25(32)27-15-18-8-5-13-33-18/h1-3,5-8,11-14,28-29H,4,9-10,15H2,(H2,26,27,30,32). The van der Waals surface area contributed by atoms with Gasteiger partial charge in [-0.05, 0) is 49.2 Å². The molecule has 0 aliphatic heterocycles. The fourth-order valence-corrected chi connectivity index (χ4v) is 4.00. The van der Waals surface area contributed by atoms with Crippen LogP contribution in [0.1, 0.15) is 34.7 Å². The van der Waals surface area contributed by atoms with Crippen molar-refractivity contribution in [1.82, 2.24) is 15.3 Å². The van der Waals surface area contributed by atoms with Crippen LogP contribution >= 0.6 is 0 Å². The van der Waals surface area contributed by atoms with Gasteiger partial charge < -0.3 is 20.0 Å². The average Bonchev–Trinajstić information content (AvgIpc) is 3.48. The maximum absolute atomic E-state index is 12.8. The molecule has 0 radical (unpaired) electrons. The van der Waals surface area contributed by atoms with E-state index in [0.29, 0.717) is 23.6 Å². The molecule has 4 N–H and O–H groups in total. The Labute approximate surface area is 190 Å². The number of hydrogen-bond acceptors (Lipinski definition) is 5. The second-order valence-electron chi connectivity index (χ2n) is 7.81. The van der Waals surface area contributed by atoms with E-state index < -0.39 is 0 Å². The van der Waals surface area contributed by atoms with Crippen molar-refractivity contribution in [2.75, 3.05) is 10.6 Å². The second-order valence-corrected chi connectivity index (χ2v) is 7.81. The highest BCUT2D eigenvalue weighted by Gasteiger charge is 2.27. The van der Waals surface area contributed by atoms with Crippen LogP contribution in [-0.4, -0.2) is 21.8 Å². The number of aromatic amines is 1. The molecule has 0 atom stereocenters. The number of urea groups is 1. The number of ketones is 1. The maximum Gasteiger partial charge on any atom is 0.320 e. The molecule has 4 aromatic rings. The van der Waals surface area contributed by atoms with Crippen molar-refractivity contribution < 1.29 is 14.0 Å². The van der Waals surface area contributed by atoms with Crippen LogP contribution in [0.5, 0.6) is 0 Å². The molecule has 0 saturated heterocycles. The van der Waals surface area contributed by atoms with E-state index in [9.17, 15) is 9.59 Å². The Kier molecular flexibility index (Phi) is 5.63. The summed E-state index contributed by atoms with van der Waals surface area (Å²) >= 11 is 0. The molecule has 2 amide bonds. The number of nitrogens with zero attached hydrogens (tertiary/aromatic N) is 1. The molecule has 8 heteroatoms. The van der Waals surface area contributed by atoms with Gasteiger partial charge in [0.15, 0.2) is 5.78 Å². The molecular weight excluding hydrogens is 418 g/mol. The Bertz CT molecular complexity index is 1280. The first-order valence-corrected chi connectivity index (χ1v) is 10.8. The summed E-state index contributed by atoms with van der Waals surface area (Å²) in [5, 5.41) is 8.91. The van der Waals surface area contributed by atoms with Gasteiger partial charge in [0.25, 0.3) is 0 Å². The van der Waals surface area contributed by atoms with Crippen LogP contribution in [0, 0.1) is 0 Å². The molecule has 0 bridgehead atoms. The lowest BCUT2D eigenvalue weighted by atomic mass is 9.95. The van der Waals surface area contributed by atoms with E-state index in [0.717, 1.165) is 41.2 Å². The highest BCUT2D eigenvalue weighted by atomic mass is 16.3. The van der Waals surface area contributed by atoms with Crippen LogP contribution in [-0.2, 0) is 13.0 Å². The molecule has 33 heavy (non-hydrogen) atoms. The first-order valence-electron chi connectivity index (χ1n) is 10.8. The van der Waals surface area contributed by atoms with Gasteiger partial charge in [0.05, 0.1) is 29.8 Å². The number of carbonyl (C=O) groups is 2. The van der Waals surface area contributed by atoms with Crippen LogP contribution in [0.15, 0.2) is 71.5 Å². The van der Waals surface area contributed by atoms with E-state index in [1.54, 1.807) is 30.7 Å². The summed E-state index contributed by atoms with van der Waals surface area (Å²) in [5.74, 6) is 1.18. The first kappa shape index (κ1) is 20.6. The lowest BCUT2D eigenvalue weighted by molar-refractivity contribution is 0.0973. The summed E-state index contributed by atoms with van der Waals surface area (Å²) in [5.41, 5.74) is 4.89. The summed E-state index contributed by atoms with van der Waals surface area (Å²) in [4.78, 5) is 32.8. The Morgan fingerprint density at radius 2 is 1.97 bits per heavy atom. The predicted octanol–water partition coefficient (Wildman–Crippen LogP) is 5.25. The van der Waals surface area contributed by atoms with Crippen molar-refractivity contribution >= 4 is 29.0 Å². The molecule has 1 aliphatic carbocycles. The van der Waals surface area contributed by atoms with Gasteiger partial charge in [0.2, 0.25) is 0 Å². The SMILES string of the molecule is O=C(NCc1ccco1)Nc1cc(-c2[nH]c3c(c2Nc2ccccc2)C(=O)CCC3)ccn1. The number of anilines is 3. The average molecular weight is 441 g/mol. The van der Waals surface area contributed by atoms with E-state index in [1.165, 1.54) is 0 Å². The minimum Gasteiger partial charge on any atom is -0.467 e. The number of rotatable bonds is 6. The Balaban J connectivity index is 1.43. The summed E-state index contributed by atoms with van der Waals surface area (Å²) in [6.45, 7) is 0.273. The fraction of sp³-hybridized carbons (Fsp3) is 0.160. The van der Waals surface area contributed by atoms with Crippen molar-refractivity contribution in [3.63, 3.8) is 0 Å². The van der Waals surface area contributed by atoms with E-state index in [2.05, 4.69) is 25.9 Å². The largest absolute Gasteiger partial charge is 0.467 e. The number of H-pyrrole nitrogens is 1. The number of aromatic nitrogens is 2. The third kappa shape index (κ3) is 4.50. The number of para-hydroxylation sites is 1. The van der Waals surface area contributed by atoms with Gasteiger partial charge in [-0.25, -0.2) is 9.78 Å². The molecule has 0 saturated carbocycles. The van der Waals surface area contributed by atoms with Crippen LogP contribution in [0.25, 0.3) is 11.3 Å². The number of pyridine rings is 1. The number of carbonyl (C=O) groups excluding carboxylic acids is 2. The molecule has 1 aliphatic rings. The smallest absolute Gasteiger partial charge is 0.320 e. The van der Waals surface area contributed by atoms with Gasteiger partial charge in [-0.3, -0.25) is 10.1 Å². The van der Waals surface area contributed by atoms with Crippen molar-refractivity contribution in [3.8, 4) is 11.3 Å². The van der Waals surface area contributed by atoms with Crippen molar-refractivity contribution in [2.45, 2.75) is 25.8 Å². The minimum atomic E-state index is -0.389. The molecule has 3 aromatic heterocycles. The molecule has 3 heterocycles. The van der Waals surface area contributed by atoms with Gasteiger partial charge >= 0.3 is 6.03 Å². The quantitative estimate of drug-likeness (QED) is 0.326. The Morgan fingerprint density at radius 3 is 2.79 bits per heavy atom. The van der Waals surface area contributed by atoms with Crippen LogP contribution < -0.4 is 16.0 Å². The van der Waals surface area contributed by atoms with E-state index in [-0.39, 0.29) is 18.4 Å². The molecule has 8 nitrogen and oxygen atoms in total. The third-order valence-corrected chi connectivity index (χ3v) is 5.52. The summed E-state index contributed by atoms with van der Waals surface area (Å²) < 4.78 is 5.22. The minimum absolute atomic E-state index is 0.127. The lowest BCUT2D eigenvalue weighted by Crippen LogP contribution is -2.28. The highest BCUT2D eigenvalue weighted by molar-refractivity contribution is 6.07. The van der Waals surface area contributed by atoms with Crippen LogP contribution in [0.2, 0.25) is 0 Å². The molecule has 0 fully saturated rings. The third-order valence-electron chi connectivity index (χ3n) is 5.52. The van der Waals surface area contributed by atoms with Gasteiger partial charge in [0.1, 0.15) is 11.6 Å². The molecular formula is C25H23N5O3. The lowest BCUT2D eigenvalue weighted by Gasteiger charge is -2.14. The number of Topliss-reactive ketones (excluding diaryl/α,β-unsaturated/α-hetero) is 1. The Hall–Kier alpha value is -4.33. The number of hydrogen-bond donors (Lipinski definition) is 4.